The van der Waals surface area contributed by atoms with Gasteiger partial charge >= 0.3 is 0 Å². The summed E-state index contributed by atoms with van der Waals surface area (Å²) in [7, 11) is 0. The van der Waals surface area contributed by atoms with Gasteiger partial charge in [0.15, 0.2) is 0 Å². The van der Waals surface area contributed by atoms with Crippen LogP contribution in [-0.2, 0) is 0 Å². The summed E-state index contributed by atoms with van der Waals surface area (Å²) in [5.41, 5.74) is 0.468. The van der Waals surface area contributed by atoms with Crippen molar-refractivity contribution in [2.24, 2.45) is 4.99 Å². The minimum atomic E-state index is 0.468. The van der Waals surface area contributed by atoms with Gasteiger partial charge in [0.05, 0.1) is 5.84 Å². The van der Waals surface area contributed by atoms with Crippen molar-refractivity contribution in [2.75, 3.05) is 6.54 Å². The maximum absolute atomic E-state index is 4.51. The molecule has 12 heavy (non-hydrogen) atoms. The third-order valence-corrected chi connectivity index (χ3v) is 3.06. The summed E-state index contributed by atoms with van der Waals surface area (Å²) in [4.78, 5) is 4.51. The molecule has 1 saturated carbocycles. The fourth-order valence-electron chi connectivity index (χ4n) is 1.82. The lowest BCUT2D eigenvalue weighted by molar-refractivity contribution is 0.561. The molecule has 0 unspecified atom stereocenters. The highest BCUT2D eigenvalue weighted by molar-refractivity contribution is 5.83. The van der Waals surface area contributed by atoms with Crippen LogP contribution in [0.3, 0.4) is 0 Å². The van der Waals surface area contributed by atoms with Gasteiger partial charge in [-0.25, -0.2) is 0 Å². The Balaban J connectivity index is 1.89. The van der Waals surface area contributed by atoms with Crippen molar-refractivity contribution in [2.45, 2.75) is 51.0 Å². The Kier molecular flexibility index (Phi) is 2.07. The topological polar surface area (TPSA) is 24.4 Å². The molecule has 1 fully saturated rings. The molecule has 0 radical (unpaired) electrons. The van der Waals surface area contributed by atoms with Gasteiger partial charge in [0.25, 0.3) is 0 Å². The summed E-state index contributed by atoms with van der Waals surface area (Å²) in [5.74, 6) is 1.28. The van der Waals surface area contributed by atoms with E-state index in [0.29, 0.717) is 5.54 Å². The molecule has 0 amide bonds. The van der Waals surface area contributed by atoms with E-state index < -0.39 is 0 Å². The monoisotopic (exact) mass is 166 g/mol. The molecule has 0 aromatic rings. The van der Waals surface area contributed by atoms with Crippen LogP contribution in [0.25, 0.3) is 0 Å². The van der Waals surface area contributed by atoms with Crippen molar-refractivity contribution in [3.05, 3.63) is 0 Å². The van der Waals surface area contributed by atoms with Crippen LogP contribution < -0.4 is 5.32 Å². The second-order valence-corrected chi connectivity index (χ2v) is 4.04. The molecule has 2 heteroatoms. The largest absolute Gasteiger partial charge is 0.368 e. The molecule has 0 aromatic carbocycles. The van der Waals surface area contributed by atoms with E-state index in [1.165, 1.54) is 44.4 Å². The van der Waals surface area contributed by atoms with Crippen LogP contribution in [0.4, 0.5) is 0 Å². The Morgan fingerprint density at radius 3 is 2.75 bits per heavy atom. The first-order chi connectivity index (χ1) is 5.85. The molecule has 1 aliphatic carbocycles. The maximum Gasteiger partial charge on any atom is 0.0967 e. The molecular formula is C10H18N2. The SMILES string of the molecule is CCC1(NC2=NCCCC2)CC1. The number of aliphatic imine (C=N–C) groups is 1. The predicted molar refractivity (Wildman–Crippen MR) is 51.5 cm³/mol. The molecule has 1 heterocycles. The number of hydrogen-bond acceptors (Lipinski definition) is 2. The summed E-state index contributed by atoms with van der Waals surface area (Å²) >= 11 is 0. The van der Waals surface area contributed by atoms with E-state index in [4.69, 9.17) is 0 Å². The number of nitrogens with one attached hydrogen (secondary N) is 1. The molecule has 0 bridgehead atoms. The molecule has 0 aromatic heterocycles. The Morgan fingerprint density at radius 2 is 2.25 bits per heavy atom. The predicted octanol–water partition coefficient (Wildman–Crippen LogP) is 2.10. The Hall–Kier alpha value is -0.530. The molecule has 0 saturated heterocycles. The lowest BCUT2D eigenvalue weighted by Gasteiger charge is -2.20. The summed E-state index contributed by atoms with van der Waals surface area (Å²) in [6.45, 7) is 3.31. The van der Waals surface area contributed by atoms with Gasteiger partial charge in [-0.05, 0) is 32.1 Å². The van der Waals surface area contributed by atoms with Crippen molar-refractivity contribution in [3.8, 4) is 0 Å². The molecule has 1 aliphatic heterocycles. The van der Waals surface area contributed by atoms with Crippen LogP contribution in [0, 0.1) is 0 Å². The van der Waals surface area contributed by atoms with E-state index in [0.717, 1.165) is 6.54 Å². The van der Waals surface area contributed by atoms with Gasteiger partial charge in [0.1, 0.15) is 0 Å². The maximum atomic E-state index is 4.51. The number of amidine groups is 1. The Labute approximate surface area is 74.5 Å². The lowest BCUT2D eigenvalue weighted by atomic mass is 10.1. The van der Waals surface area contributed by atoms with Gasteiger partial charge in [0, 0.05) is 18.5 Å². The third kappa shape index (κ3) is 1.62. The molecule has 2 rings (SSSR count). The van der Waals surface area contributed by atoms with Crippen molar-refractivity contribution in [1.82, 2.24) is 5.32 Å². The van der Waals surface area contributed by atoms with Crippen LogP contribution in [0.5, 0.6) is 0 Å². The van der Waals surface area contributed by atoms with Gasteiger partial charge in [-0.3, -0.25) is 4.99 Å². The fourth-order valence-corrected chi connectivity index (χ4v) is 1.82. The molecule has 0 spiro atoms. The average Bonchev–Trinajstić information content (AvgIpc) is 2.88. The highest BCUT2D eigenvalue weighted by atomic mass is 15.1. The average molecular weight is 166 g/mol. The first-order valence-corrected chi connectivity index (χ1v) is 5.16. The van der Waals surface area contributed by atoms with Gasteiger partial charge in [-0.2, -0.15) is 0 Å². The number of nitrogens with zero attached hydrogens (tertiary/aromatic N) is 1. The van der Waals surface area contributed by atoms with E-state index in [1.54, 1.807) is 0 Å². The van der Waals surface area contributed by atoms with Crippen LogP contribution in [0.15, 0.2) is 4.99 Å². The first kappa shape index (κ1) is 8.09. The minimum Gasteiger partial charge on any atom is -0.368 e. The van der Waals surface area contributed by atoms with Crippen molar-refractivity contribution < 1.29 is 0 Å². The van der Waals surface area contributed by atoms with Crippen molar-refractivity contribution in [1.29, 1.82) is 0 Å². The lowest BCUT2D eigenvalue weighted by Crippen LogP contribution is -2.37. The zero-order chi connectivity index (χ0) is 8.44. The molecule has 68 valence electrons. The number of hydrogen-bond donors (Lipinski definition) is 1. The standard InChI is InChI=1S/C10H18N2/c1-2-10(6-7-10)12-9-5-3-4-8-11-9/h2-8H2,1H3,(H,11,12). The Bertz CT molecular complexity index is 192. The smallest absolute Gasteiger partial charge is 0.0967 e. The molecule has 0 atom stereocenters. The molecule has 1 N–H and O–H groups in total. The Morgan fingerprint density at radius 1 is 1.42 bits per heavy atom. The summed E-state index contributed by atoms with van der Waals surface area (Å²) in [5, 5.41) is 3.61. The van der Waals surface area contributed by atoms with Crippen LogP contribution in [0.2, 0.25) is 0 Å². The van der Waals surface area contributed by atoms with E-state index in [2.05, 4.69) is 17.2 Å². The second-order valence-electron chi connectivity index (χ2n) is 4.04. The van der Waals surface area contributed by atoms with E-state index in [1.807, 2.05) is 0 Å². The van der Waals surface area contributed by atoms with E-state index in [9.17, 15) is 0 Å². The van der Waals surface area contributed by atoms with Crippen molar-refractivity contribution >= 4 is 5.84 Å². The normalized spacial score (nSPS) is 26.2. The van der Waals surface area contributed by atoms with E-state index in [-0.39, 0.29) is 0 Å². The molecule has 2 aliphatic rings. The quantitative estimate of drug-likeness (QED) is 0.667. The highest BCUT2D eigenvalue weighted by Gasteiger charge is 2.41. The van der Waals surface area contributed by atoms with E-state index >= 15 is 0 Å². The summed E-state index contributed by atoms with van der Waals surface area (Å²) < 4.78 is 0. The fraction of sp³-hybridized carbons (Fsp3) is 0.900. The van der Waals surface area contributed by atoms with Gasteiger partial charge < -0.3 is 5.32 Å². The first-order valence-electron chi connectivity index (χ1n) is 5.16. The minimum absolute atomic E-state index is 0.468. The zero-order valence-electron chi connectivity index (χ0n) is 7.90. The molecular weight excluding hydrogens is 148 g/mol. The van der Waals surface area contributed by atoms with Crippen LogP contribution in [0.1, 0.15) is 45.4 Å². The molecule has 2 nitrogen and oxygen atoms in total. The van der Waals surface area contributed by atoms with Crippen LogP contribution >= 0.6 is 0 Å². The summed E-state index contributed by atoms with van der Waals surface area (Å²) in [6, 6.07) is 0. The number of rotatable bonds is 2. The third-order valence-electron chi connectivity index (χ3n) is 3.06. The zero-order valence-corrected chi connectivity index (χ0v) is 7.90. The summed E-state index contributed by atoms with van der Waals surface area (Å²) in [6.07, 6.45) is 7.74. The second kappa shape index (κ2) is 3.08. The van der Waals surface area contributed by atoms with Crippen LogP contribution in [-0.4, -0.2) is 17.9 Å². The van der Waals surface area contributed by atoms with Gasteiger partial charge in [0.2, 0.25) is 0 Å². The highest BCUT2D eigenvalue weighted by Crippen LogP contribution is 2.38. The van der Waals surface area contributed by atoms with Crippen molar-refractivity contribution in [3.63, 3.8) is 0 Å². The van der Waals surface area contributed by atoms with Gasteiger partial charge in [-0.1, -0.05) is 6.92 Å². The van der Waals surface area contributed by atoms with Gasteiger partial charge in [-0.15, -0.1) is 0 Å².